The molecule has 2 fully saturated rings. The van der Waals surface area contributed by atoms with Gasteiger partial charge in [0.05, 0.1) is 0 Å². The van der Waals surface area contributed by atoms with Crippen molar-refractivity contribution >= 4 is 0 Å². The van der Waals surface area contributed by atoms with Crippen LogP contribution in [0.1, 0.15) is 46.5 Å². The average Bonchev–Trinajstić information content (AvgIpc) is 2.69. The van der Waals surface area contributed by atoms with E-state index in [4.69, 9.17) is 0 Å². The summed E-state index contributed by atoms with van der Waals surface area (Å²) in [6, 6.07) is 0.848. The second-order valence-corrected chi connectivity index (χ2v) is 6.16. The van der Waals surface area contributed by atoms with Gasteiger partial charge in [-0.3, -0.25) is 9.80 Å². The highest BCUT2D eigenvalue weighted by Crippen LogP contribution is 2.24. The molecule has 2 heteroatoms. The van der Waals surface area contributed by atoms with Gasteiger partial charge in [-0.15, -0.1) is 0 Å². The fourth-order valence-corrected chi connectivity index (χ4v) is 2.97. The van der Waals surface area contributed by atoms with E-state index in [0.717, 1.165) is 6.04 Å². The van der Waals surface area contributed by atoms with Gasteiger partial charge in [-0.25, -0.2) is 0 Å². The van der Waals surface area contributed by atoms with Crippen molar-refractivity contribution in [1.82, 2.24) is 9.80 Å². The van der Waals surface area contributed by atoms with Crippen molar-refractivity contribution in [1.29, 1.82) is 0 Å². The van der Waals surface area contributed by atoms with E-state index in [-0.39, 0.29) is 0 Å². The summed E-state index contributed by atoms with van der Waals surface area (Å²) in [5.41, 5.74) is 0.360. The molecule has 15 heavy (non-hydrogen) atoms. The lowest BCUT2D eigenvalue weighted by atomic mass is 9.97. The Labute approximate surface area is 94.6 Å². The van der Waals surface area contributed by atoms with E-state index in [0.29, 0.717) is 5.54 Å². The monoisotopic (exact) mass is 210 g/mol. The van der Waals surface area contributed by atoms with Crippen molar-refractivity contribution in [2.24, 2.45) is 0 Å². The highest BCUT2D eigenvalue weighted by molar-refractivity contribution is 4.88. The third kappa shape index (κ3) is 2.73. The first-order valence-electron chi connectivity index (χ1n) is 6.56. The van der Waals surface area contributed by atoms with Gasteiger partial charge in [0.1, 0.15) is 0 Å². The molecule has 88 valence electrons. The molecule has 0 bridgehead atoms. The molecule has 0 spiro atoms. The number of likely N-dealkylation sites (tertiary alicyclic amines) is 2. The summed E-state index contributed by atoms with van der Waals surface area (Å²) < 4.78 is 0. The number of nitrogens with zero attached hydrogens (tertiary/aromatic N) is 2. The Morgan fingerprint density at radius 1 is 0.933 bits per heavy atom. The minimum atomic E-state index is 0.360. The fourth-order valence-electron chi connectivity index (χ4n) is 2.97. The maximum Gasteiger partial charge on any atom is 0.0223 e. The molecule has 2 nitrogen and oxygen atoms in total. The molecular weight excluding hydrogens is 184 g/mol. The van der Waals surface area contributed by atoms with Crippen molar-refractivity contribution in [2.45, 2.75) is 58.0 Å². The minimum absolute atomic E-state index is 0.360. The van der Waals surface area contributed by atoms with Gasteiger partial charge >= 0.3 is 0 Å². The molecule has 0 radical (unpaired) electrons. The van der Waals surface area contributed by atoms with Gasteiger partial charge in [0.15, 0.2) is 0 Å². The Bertz CT molecular complexity index is 201. The lowest BCUT2D eigenvalue weighted by Crippen LogP contribution is -2.53. The molecule has 0 aliphatic carbocycles. The van der Waals surface area contributed by atoms with Gasteiger partial charge in [-0.05, 0) is 66.1 Å². The molecule has 1 atom stereocenters. The van der Waals surface area contributed by atoms with Crippen LogP contribution in [0.15, 0.2) is 0 Å². The predicted octanol–water partition coefficient (Wildman–Crippen LogP) is 2.35. The van der Waals surface area contributed by atoms with Crippen LogP contribution in [-0.2, 0) is 0 Å². The van der Waals surface area contributed by atoms with Crippen LogP contribution in [0.5, 0.6) is 0 Å². The first-order chi connectivity index (χ1) is 7.07. The third-order valence-electron chi connectivity index (χ3n) is 4.00. The van der Waals surface area contributed by atoms with E-state index >= 15 is 0 Å². The Balaban J connectivity index is 1.92. The summed E-state index contributed by atoms with van der Waals surface area (Å²) in [6.07, 6.45) is 5.66. The van der Waals surface area contributed by atoms with E-state index in [1.54, 1.807) is 0 Å². The van der Waals surface area contributed by atoms with Crippen molar-refractivity contribution in [2.75, 3.05) is 26.2 Å². The molecule has 2 saturated heterocycles. The van der Waals surface area contributed by atoms with E-state index in [1.165, 1.54) is 51.9 Å². The number of rotatable bonds is 1. The van der Waals surface area contributed by atoms with E-state index in [2.05, 4.69) is 30.6 Å². The zero-order valence-electron chi connectivity index (χ0n) is 10.6. The molecule has 2 heterocycles. The number of hydrogen-bond donors (Lipinski definition) is 0. The molecule has 0 aromatic heterocycles. The van der Waals surface area contributed by atoms with Gasteiger partial charge in [-0.1, -0.05) is 0 Å². The second kappa shape index (κ2) is 4.42. The summed E-state index contributed by atoms with van der Waals surface area (Å²) in [6.45, 7) is 12.3. The molecule has 0 aromatic rings. The van der Waals surface area contributed by atoms with Crippen molar-refractivity contribution in [3.63, 3.8) is 0 Å². The standard InChI is InChI=1S/C13H26N2/c1-13(2,3)15-10-6-7-12(11-15)14-8-4-5-9-14/h12H,4-11H2,1-3H3/t12-/m0/s1. The molecule has 2 aliphatic rings. The summed E-state index contributed by atoms with van der Waals surface area (Å²) in [4.78, 5) is 5.39. The zero-order chi connectivity index (χ0) is 10.9. The Kier molecular flexibility index (Phi) is 3.36. The van der Waals surface area contributed by atoms with Crippen molar-refractivity contribution in [3.05, 3.63) is 0 Å². The first kappa shape index (κ1) is 11.4. The second-order valence-electron chi connectivity index (χ2n) is 6.16. The third-order valence-corrected chi connectivity index (χ3v) is 4.00. The van der Waals surface area contributed by atoms with E-state index in [9.17, 15) is 0 Å². The number of hydrogen-bond acceptors (Lipinski definition) is 2. The van der Waals surface area contributed by atoms with Gasteiger partial charge in [0, 0.05) is 18.1 Å². The molecule has 0 amide bonds. The molecule has 0 unspecified atom stereocenters. The topological polar surface area (TPSA) is 6.48 Å². The van der Waals surface area contributed by atoms with Crippen LogP contribution in [0, 0.1) is 0 Å². The van der Waals surface area contributed by atoms with Crippen molar-refractivity contribution < 1.29 is 0 Å². The fraction of sp³-hybridized carbons (Fsp3) is 1.00. The molecule has 2 aliphatic heterocycles. The number of piperidine rings is 1. The zero-order valence-corrected chi connectivity index (χ0v) is 10.6. The van der Waals surface area contributed by atoms with Crippen LogP contribution in [0.2, 0.25) is 0 Å². The summed E-state index contributed by atoms with van der Waals surface area (Å²) >= 11 is 0. The van der Waals surface area contributed by atoms with Gasteiger partial charge in [-0.2, -0.15) is 0 Å². The summed E-state index contributed by atoms with van der Waals surface area (Å²) in [5, 5.41) is 0. The average molecular weight is 210 g/mol. The van der Waals surface area contributed by atoms with Crippen LogP contribution in [0.3, 0.4) is 0 Å². The lowest BCUT2D eigenvalue weighted by molar-refractivity contribution is 0.0525. The van der Waals surface area contributed by atoms with Gasteiger partial charge < -0.3 is 0 Å². The molecule has 0 saturated carbocycles. The van der Waals surface area contributed by atoms with Crippen LogP contribution >= 0.6 is 0 Å². The normalized spacial score (nSPS) is 31.0. The van der Waals surface area contributed by atoms with Crippen LogP contribution in [0.4, 0.5) is 0 Å². The summed E-state index contributed by atoms with van der Waals surface area (Å²) in [5.74, 6) is 0. The van der Waals surface area contributed by atoms with E-state index in [1.807, 2.05) is 0 Å². The largest absolute Gasteiger partial charge is 0.299 e. The smallest absolute Gasteiger partial charge is 0.0223 e. The highest BCUT2D eigenvalue weighted by atomic mass is 15.3. The maximum absolute atomic E-state index is 2.72. The van der Waals surface area contributed by atoms with Crippen LogP contribution < -0.4 is 0 Å². The lowest BCUT2D eigenvalue weighted by Gasteiger charge is -2.44. The Morgan fingerprint density at radius 3 is 2.20 bits per heavy atom. The van der Waals surface area contributed by atoms with Gasteiger partial charge in [0.2, 0.25) is 0 Å². The van der Waals surface area contributed by atoms with Gasteiger partial charge in [0.25, 0.3) is 0 Å². The summed E-state index contributed by atoms with van der Waals surface area (Å²) in [7, 11) is 0. The van der Waals surface area contributed by atoms with Crippen LogP contribution in [0.25, 0.3) is 0 Å². The quantitative estimate of drug-likeness (QED) is 0.655. The maximum atomic E-state index is 2.72. The van der Waals surface area contributed by atoms with E-state index < -0.39 is 0 Å². The molecule has 2 rings (SSSR count). The van der Waals surface area contributed by atoms with Crippen molar-refractivity contribution in [3.8, 4) is 0 Å². The SMILES string of the molecule is CC(C)(C)N1CCC[C@H](N2CCCC2)C1. The predicted molar refractivity (Wildman–Crippen MR) is 65.2 cm³/mol. The Morgan fingerprint density at radius 2 is 1.60 bits per heavy atom. The molecule has 0 N–H and O–H groups in total. The van der Waals surface area contributed by atoms with Crippen LogP contribution in [-0.4, -0.2) is 47.6 Å². The molecular formula is C13H26N2. The minimum Gasteiger partial charge on any atom is -0.299 e. The Hall–Kier alpha value is -0.0800. The molecule has 0 aromatic carbocycles. The first-order valence-corrected chi connectivity index (χ1v) is 6.56. The highest BCUT2D eigenvalue weighted by Gasteiger charge is 2.31.